The van der Waals surface area contributed by atoms with Gasteiger partial charge in [0.1, 0.15) is 11.2 Å². The van der Waals surface area contributed by atoms with Crippen LogP contribution in [0.15, 0.2) is 12.2 Å². The first kappa shape index (κ1) is 15.6. The van der Waals surface area contributed by atoms with Crippen molar-refractivity contribution in [2.24, 2.45) is 11.3 Å². The van der Waals surface area contributed by atoms with E-state index in [-0.39, 0.29) is 24.4 Å². The second-order valence-electron chi connectivity index (χ2n) is 6.10. The van der Waals surface area contributed by atoms with Crippen LogP contribution in [0.2, 0.25) is 0 Å². The third kappa shape index (κ3) is 2.69. The van der Waals surface area contributed by atoms with Crippen molar-refractivity contribution in [1.29, 1.82) is 0 Å². The molecule has 2 aliphatic rings. The molecule has 2 rings (SSSR count). The van der Waals surface area contributed by atoms with Gasteiger partial charge in [0.05, 0.1) is 0 Å². The number of hydrogen-bond donors (Lipinski definition) is 1. The molecule has 5 nitrogen and oxygen atoms in total. The number of carbonyl (C=O) groups excluding carboxylic acids is 4. The highest BCUT2D eigenvalue weighted by Crippen LogP contribution is 2.43. The summed E-state index contributed by atoms with van der Waals surface area (Å²) in [4.78, 5) is 49.2. The first-order valence-corrected chi connectivity index (χ1v) is 7.47. The lowest BCUT2D eigenvalue weighted by Crippen LogP contribution is -2.48. The first-order chi connectivity index (χ1) is 9.89. The number of rotatable bonds is 2. The molecule has 21 heavy (non-hydrogen) atoms. The molecule has 1 saturated carbocycles. The Morgan fingerprint density at radius 1 is 1.19 bits per heavy atom. The van der Waals surface area contributed by atoms with Crippen LogP contribution in [-0.4, -0.2) is 23.4 Å². The summed E-state index contributed by atoms with van der Waals surface area (Å²) >= 11 is 0. The normalized spacial score (nSPS) is 30.5. The molecular weight excluding hydrogens is 270 g/mol. The van der Waals surface area contributed by atoms with Crippen molar-refractivity contribution < 1.29 is 19.2 Å². The van der Waals surface area contributed by atoms with E-state index in [9.17, 15) is 19.2 Å². The number of amides is 2. The van der Waals surface area contributed by atoms with E-state index < -0.39 is 23.1 Å². The highest BCUT2D eigenvalue weighted by molar-refractivity contribution is 6.21. The Balaban J connectivity index is 2.50. The number of allylic oxidation sites excluding steroid dienone is 1. The third-order valence-corrected chi connectivity index (χ3v) is 4.57. The lowest BCUT2D eigenvalue weighted by Gasteiger charge is -2.32. The monoisotopic (exact) mass is 291 g/mol. The molecule has 1 N–H and O–H groups in total. The number of carbonyl (C=O) groups is 4. The summed E-state index contributed by atoms with van der Waals surface area (Å²) < 4.78 is 0. The van der Waals surface area contributed by atoms with Gasteiger partial charge in [0.2, 0.25) is 11.8 Å². The molecule has 1 heterocycles. The fraction of sp³-hybridized carbons (Fsp3) is 0.625. The van der Waals surface area contributed by atoms with Gasteiger partial charge >= 0.3 is 0 Å². The van der Waals surface area contributed by atoms with Crippen LogP contribution in [0.5, 0.6) is 0 Å². The quantitative estimate of drug-likeness (QED) is 0.477. The summed E-state index contributed by atoms with van der Waals surface area (Å²) in [6.07, 6.45) is 3.83. The van der Waals surface area contributed by atoms with Gasteiger partial charge in [-0.05, 0) is 25.3 Å². The summed E-state index contributed by atoms with van der Waals surface area (Å²) in [5, 5.41) is 2.22. The highest BCUT2D eigenvalue weighted by atomic mass is 16.2. The topological polar surface area (TPSA) is 80.3 Å². The van der Waals surface area contributed by atoms with Gasteiger partial charge in [0, 0.05) is 18.8 Å². The van der Waals surface area contributed by atoms with E-state index in [4.69, 9.17) is 0 Å². The molecular formula is C16H21NO4. The Bertz CT molecular complexity index is 522. The highest BCUT2D eigenvalue weighted by Gasteiger charge is 2.58. The van der Waals surface area contributed by atoms with Crippen LogP contribution in [0.25, 0.3) is 0 Å². The standard InChI is InChI=1S/C16H21NO4/c1-10(2)14(20)11-7-5-3-4-6-8-12(18)16(11)9-13(19)17-15(16)21/h11H,1,3-9H2,2H3,(H,17,19,21). The Labute approximate surface area is 124 Å². The summed E-state index contributed by atoms with van der Waals surface area (Å²) in [7, 11) is 0. The predicted octanol–water partition coefficient (Wildman–Crippen LogP) is 1.70. The van der Waals surface area contributed by atoms with Gasteiger partial charge in [-0.1, -0.05) is 25.8 Å². The average Bonchev–Trinajstić information content (AvgIpc) is 2.75. The molecule has 2 amide bonds. The Hall–Kier alpha value is -1.78. The number of nitrogens with one attached hydrogen (secondary N) is 1. The Morgan fingerprint density at radius 3 is 2.43 bits per heavy atom. The number of ketones is 2. The van der Waals surface area contributed by atoms with E-state index in [0.717, 1.165) is 19.3 Å². The molecule has 2 atom stereocenters. The van der Waals surface area contributed by atoms with Crippen LogP contribution >= 0.6 is 0 Å². The minimum atomic E-state index is -1.50. The Morgan fingerprint density at radius 2 is 1.86 bits per heavy atom. The molecule has 2 fully saturated rings. The summed E-state index contributed by atoms with van der Waals surface area (Å²) in [6.45, 7) is 5.24. The van der Waals surface area contributed by atoms with Crippen LogP contribution in [0.3, 0.4) is 0 Å². The summed E-state index contributed by atoms with van der Waals surface area (Å²) in [5.74, 6) is -2.36. The fourth-order valence-corrected chi connectivity index (χ4v) is 3.43. The molecule has 1 aliphatic heterocycles. The zero-order valence-electron chi connectivity index (χ0n) is 12.4. The van der Waals surface area contributed by atoms with E-state index in [2.05, 4.69) is 11.9 Å². The molecule has 0 aromatic heterocycles. The van der Waals surface area contributed by atoms with Crippen molar-refractivity contribution >= 4 is 23.4 Å². The van der Waals surface area contributed by atoms with Gasteiger partial charge in [-0.15, -0.1) is 0 Å². The van der Waals surface area contributed by atoms with Gasteiger partial charge in [0.15, 0.2) is 5.78 Å². The van der Waals surface area contributed by atoms with Crippen LogP contribution in [0.1, 0.15) is 51.9 Å². The van der Waals surface area contributed by atoms with Gasteiger partial charge in [0.25, 0.3) is 0 Å². The molecule has 2 unspecified atom stereocenters. The van der Waals surface area contributed by atoms with Crippen molar-refractivity contribution in [2.45, 2.75) is 51.9 Å². The van der Waals surface area contributed by atoms with Gasteiger partial charge in [-0.25, -0.2) is 0 Å². The van der Waals surface area contributed by atoms with E-state index in [1.54, 1.807) is 6.92 Å². The maximum Gasteiger partial charge on any atom is 0.241 e. The maximum atomic E-state index is 12.6. The van der Waals surface area contributed by atoms with E-state index in [0.29, 0.717) is 18.4 Å². The van der Waals surface area contributed by atoms with Crippen molar-refractivity contribution in [3.05, 3.63) is 12.2 Å². The lowest BCUT2D eigenvalue weighted by molar-refractivity contribution is -0.148. The van der Waals surface area contributed by atoms with Crippen LogP contribution in [0.4, 0.5) is 0 Å². The first-order valence-electron chi connectivity index (χ1n) is 7.47. The van der Waals surface area contributed by atoms with E-state index in [1.165, 1.54) is 0 Å². The van der Waals surface area contributed by atoms with Gasteiger partial charge < -0.3 is 0 Å². The Kier molecular flexibility index (Phi) is 4.40. The van der Waals surface area contributed by atoms with Crippen LogP contribution in [-0.2, 0) is 19.2 Å². The second kappa shape index (κ2) is 5.92. The largest absolute Gasteiger partial charge is 0.298 e. The third-order valence-electron chi connectivity index (χ3n) is 4.57. The summed E-state index contributed by atoms with van der Waals surface area (Å²) in [5.41, 5.74) is -1.17. The molecule has 0 aromatic carbocycles. The zero-order chi connectivity index (χ0) is 15.6. The van der Waals surface area contributed by atoms with Crippen LogP contribution < -0.4 is 5.32 Å². The fourth-order valence-electron chi connectivity index (χ4n) is 3.43. The van der Waals surface area contributed by atoms with Crippen LogP contribution in [0, 0.1) is 11.3 Å². The maximum absolute atomic E-state index is 12.6. The average molecular weight is 291 g/mol. The van der Waals surface area contributed by atoms with Gasteiger partial charge in [-0.3, -0.25) is 24.5 Å². The minimum absolute atomic E-state index is 0.200. The summed E-state index contributed by atoms with van der Waals surface area (Å²) in [6, 6.07) is 0. The number of imide groups is 1. The smallest absolute Gasteiger partial charge is 0.241 e. The minimum Gasteiger partial charge on any atom is -0.298 e. The zero-order valence-corrected chi connectivity index (χ0v) is 12.4. The van der Waals surface area contributed by atoms with Crippen molar-refractivity contribution in [1.82, 2.24) is 5.32 Å². The SMILES string of the molecule is C=C(C)C(=O)C1CCCCCCC(=O)C12CC(=O)NC2=O. The molecule has 0 bridgehead atoms. The molecule has 5 heteroatoms. The number of Topliss-reactive ketones (excluding diaryl/α,β-unsaturated/α-hetero) is 2. The van der Waals surface area contributed by atoms with Crippen molar-refractivity contribution in [2.75, 3.05) is 0 Å². The molecule has 1 spiro atoms. The molecule has 1 aliphatic carbocycles. The lowest BCUT2D eigenvalue weighted by atomic mass is 9.65. The van der Waals surface area contributed by atoms with Crippen molar-refractivity contribution in [3.63, 3.8) is 0 Å². The molecule has 0 radical (unpaired) electrons. The molecule has 0 aromatic rings. The van der Waals surface area contributed by atoms with Gasteiger partial charge in [-0.2, -0.15) is 0 Å². The molecule has 114 valence electrons. The van der Waals surface area contributed by atoms with Crippen molar-refractivity contribution in [3.8, 4) is 0 Å². The molecule has 1 saturated heterocycles. The van der Waals surface area contributed by atoms with E-state index >= 15 is 0 Å². The predicted molar refractivity (Wildman–Crippen MR) is 76.2 cm³/mol. The second-order valence-corrected chi connectivity index (χ2v) is 6.10. The number of hydrogen-bond acceptors (Lipinski definition) is 4. The van der Waals surface area contributed by atoms with E-state index in [1.807, 2.05) is 0 Å².